The van der Waals surface area contributed by atoms with Crippen molar-refractivity contribution in [3.63, 3.8) is 0 Å². The minimum atomic E-state index is -0.233. The molecule has 0 unspecified atom stereocenters. The fourth-order valence-electron chi connectivity index (χ4n) is 2.90. The van der Waals surface area contributed by atoms with Crippen LogP contribution in [-0.4, -0.2) is 24.1 Å². The SMILES string of the molecule is Cc1ccc(CNc2cncc(C(=O)Nc3ccc4c(c3)OCCO4)c2)cc1. The number of hydrogen-bond acceptors (Lipinski definition) is 5. The highest BCUT2D eigenvalue weighted by Crippen LogP contribution is 2.32. The number of benzene rings is 2. The zero-order valence-electron chi connectivity index (χ0n) is 15.6. The number of anilines is 2. The first-order chi connectivity index (χ1) is 13.7. The van der Waals surface area contributed by atoms with E-state index in [9.17, 15) is 4.79 Å². The van der Waals surface area contributed by atoms with Crippen LogP contribution in [-0.2, 0) is 6.54 Å². The maximum atomic E-state index is 12.6. The van der Waals surface area contributed by atoms with Gasteiger partial charge in [-0.2, -0.15) is 0 Å². The van der Waals surface area contributed by atoms with Gasteiger partial charge in [0.2, 0.25) is 0 Å². The van der Waals surface area contributed by atoms with Gasteiger partial charge in [0.05, 0.1) is 11.3 Å². The molecule has 6 nitrogen and oxygen atoms in total. The van der Waals surface area contributed by atoms with Crippen molar-refractivity contribution < 1.29 is 14.3 Å². The lowest BCUT2D eigenvalue weighted by atomic mass is 10.1. The second-order valence-electron chi connectivity index (χ2n) is 6.61. The number of nitrogens with zero attached hydrogens (tertiary/aromatic N) is 1. The predicted molar refractivity (Wildman–Crippen MR) is 108 cm³/mol. The summed E-state index contributed by atoms with van der Waals surface area (Å²) in [4.78, 5) is 16.8. The van der Waals surface area contributed by atoms with E-state index in [1.54, 1.807) is 36.7 Å². The van der Waals surface area contributed by atoms with Crippen molar-refractivity contribution >= 4 is 17.3 Å². The van der Waals surface area contributed by atoms with Gasteiger partial charge in [-0.15, -0.1) is 0 Å². The average Bonchev–Trinajstić information content (AvgIpc) is 2.73. The van der Waals surface area contributed by atoms with Crippen molar-refractivity contribution in [2.75, 3.05) is 23.8 Å². The third-order valence-corrected chi connectivity index (χ3v) is 4.42. The van der Waals surface area contributed by atoms with Crippen LogP contribution in [0.4, 0.5) is 11.4 Å². The van der Waals surface area contributed by atoms with Crippen LogP contribution in [0, 0.1) is 6.92 Å². The fraction of sp³-hybridized carbons (Fsp3) is 0.182. The Morgan fingerprint density at radius 1 is 0.964 bits per heavy atom. The summed E-state index contributed by atoms with van der Waals surface area (Å²) in [7, 11) is 0. The van der Waals surface area contributed by atoms with Gasteiger partial charge in [-0.25, -0.2) is 0 Å². The van der Waals surface area contributed by atoms with Gasteiger partial charge >= 0.3 is 0 Å². The van der Waals surface area contributed by atoms with Gasteiger partial charge in [0.25, 0.3) is 5.91 Å². The van der Waals surface area contributed by atoms with E-state index in [-0.39, 0.29) is 5.91 Å². The Balaban J connectivity index is 1.42. The van der Waals surface area contributed by atoms with Crippen molar-refractivity contribution in [1.82, 2.24) is 4.98 Å². The van der Waals surface area contributed by atoms with E-state index in [0.29, 0.717) is 42.5 Å². The van der Waals surface area contributed by atoms with E-state index in [4.69, 9.17) is 9.47 Å². The second kappa shape index (κ2) is 8.00. The van der Waals surface area contributed by atoms with Crippen molar-refractivity contribution in [2.24, 2.45) is 0 Å². The number of hydrogen-bond donors (Lipinski definition) is 2. The summed E-state index contributed by atoms with van der Waals surface area (Å²) in [5.41, 5.74) is 4.30. The molecule has 0 bridgehead atoms. The molecule has 142 valence electrons. The Morgan fingerprint density at radius 2 is 1.75 bits per heavy atom. The maximum absolute atomic E-state index is 12.6. The van der Waals surface area contributed by atoms with Crippen LogP contribution in [0.15, 0.2) is 60.9 Å². The van der Waals surface area contributed by atoms with Gasteiger partial charge in [-0.05, 0) is 30.7 Å². The van der Waals surface area contributed by atoms with Gasteiger partial charge in [0, 0.05) is 30.7 Å². The number of pyridine rings is 1. The largest absolute Gasteiger partial charge is 0.486 e. The molecule has 0 fully saturated rings. The van der Waals surface area contributed by atoms with Crippen LogP contribution in [0.5, 0.6) is 11.5 Å². The maximum Gasteiger partial charge on any atom is 0.257 e. The highest BCUT2D eigenvalue weighted by molar-refractivity contribution is 6.04. The Labute approximate surface area is 163 Å². The molecule has 0 radical (unpaired) electrons. The van der Waals surface area contributed by atoms with E-state index in [0.717, 1.165) is 11.3 Å². The Kier molecular flexibility index (Phi) is 5.10. The molecule has 3 aromatic rings. The minimum absolute atomic E-state index is 0.233. The Hall–Kier alpha value is -3.54. The number of aryl methyl sites for hydroxylation is 1. The van der Waals surface area contributed by atoms with E-state index in [1.807, 2.05) is 0 Å². The number of nitrogens with one attached hydrogen (secondary N) is 2. The first-order valence-corrected chi connectivity index (χ1v) is 9.13. The zero-order chi connectivity index (χ0) is 19.3. The Bertz CT molecular complexity index is 987. The Morgan fingerprint density at radius 3 is 2.57 bits per heavy atom. The molecule has 6 heteroatoms. The molecule has 1 amide bonds. The quantitative estimate of drug-likeness (QED) is 0.705. The van der Waals surface area contributed by atoms with E-state index >= 15 is 0 Å². The van der Waals surface area contributed by atoms with Crippen molar-refractivity contribution in [2.45, 2.75) is 13.5 Å². The van der Waals surface area contributed by atoms with Crippen LogP contribution in [0.2, 0.25) is 0 Å². The number of amides is 1. The lowest BCUT2D eigenvalue weighted by molar-refractivity contribution is 0.102. The first kappa shape index (κ1) is 17.9. The van der Waals surface area contributed by atoms with Crippen LogP contribution in [0.25, 0.3) is 0 Å². The lowest BCUT2D eigenvalue weighted by Crippen LogP contribution is -2.16. The number of ether oxygens (including phenoxy) is 2. The van der Waals surface area contributed by atoms with Gasteiger partial charge in [-0.1, -0.05) is 29.8 Å². The number of fused-ring (bicyclic) bond motifs is 1. The van der Waals surface area contributed by atoms with Crippen molar-refractivity contribution in [3.05, 3.63) is 77.6 Å². The van der Waals surface area contributed by atoms with Gasteiger partial charge in [0.15, 0.2) is 11.5 Å². The molecule has 0 saturated carbocycles. The summed E-state index contributed by atoms with van der Waals surface area (Å²) < 4.78 is 11.1. The molecular formula is C22H21N3O3. The molecule has 2 N–H and O–H groups in total. The molecule has 28 heavy (non-hydrogen) atoms. The summed E-state index contributed by atoms with van der Waals surface area (Å²) in [6.07, 6.45) is 3.25. The molecule has 1 aromatic heterocycles. The predicted octanol–water partition coefficient (Wildman–Crippen LogP) is 4.03. The molecule has 4 rings (SSSR count). The number of carbonyl (C=O) groups excluding carboxylic acids is 1. The molecule has 2 heterocycles. The molecule has 0 aliphatic carbocycles. The van der Waals surface area contributed by atoms with Gasteiger partial charge in [0.1, 0.15) is 13.2 Å². The third-order valence-electron chi connectivity index (χ3n) is 4.42. The average molecular weight is 375 g/mol. The van der Waals surface area contributed by atoms with Gasteiger partial charge in [-0.3, -0.25) is 9.78 Å². The smallest absolute Gasteiger partial charge is 0.257 e. The zero-order valence-corrected chi connectivity index (χ0v) is 15.6. The topological polar surface area (TPSA) is 72.5 Å². The number of aromatic nitrogens is 1. The molecule has 2 aromatic carbocycles. The molecule has 0 saturated heterocycles. The van der Waals surface area contributed by atoms with Crippen molar-refractivity contribution in [3.8, 4) is 11.5 Å². The van der Waals surface area contributed by atoms with Crippen LogP contribution in [0.1, 0.15) is 21.5 Å². The number of rotatable bonds is 5. The third kappa shape index (κ3) is 4.23. The van der Waals surface area contributed by atoms with Crippen LogP contribution < -0.4 is 20.1 Å². The van der Waals surface area contributed by atoms with Crippen LogP contribution >= 0.6 is 0 Å². The first-order valence-electron chi connectivity index (χ1n) is 9.13. The molecule has 1 aliphatic heterocycles. The summed E-state index contributed by atoms with van der Waals surface area (Å²) in [6.45, 7) is 3.76. The molecule has 0 atom stereocenters. The summed E-state index contributed by atoms with van der Waals surface area (Å²) in [5.74, 6) is 1.09. The second-order valence-corrected chi connectivity index (χ2v) is 6.61. The molecule has 0 spiro atoms. The van der Waals surface area contributed by atoms with Gasteiger partial charge < -0.3 is 20.1 Å². The highest BCUT2D eigenvalue weighted by Gasteiger charge is 2.14. The molecular weight excluding hydrogens is 354 g/mol. The number of carbonyl (C=O) groups is 1. The fourth-order valence-corrected chi connectivity index (χ4v) is 2.90. The van der Waals surface area contributed by atoms with E-state index < -0.39 is 0 Å². The highest BCUT2D eigenvalue weighted by atomic mass is 16.6. The summed E-state index contributed by atoms with van der Waals surface area (Å²) in [5, 5.41) is 6.17. The van der Waals surface area contributed by atoms with Crippen molar-refractivity contribution in [1.29, 1.82) is 0 Å². The standard InChI is InChI=1S/C22H21N3O3/c1-15-2-4-16(5-3-15)12-24-19-10-17(13-23-14-19)22(26)25-18-6-7-20-21(11-18)28-9-8-27-20/h2-7,10-11,13-14,24H,8-9,12H2,1H3,(H,25,26). The summed E-state index contributed by atoms with van der Waals surface area (Å²) >= 11 is 0. The monoisotopic (exact) mass is 375 g/mol. The van der Waals surface area contributed by atoms with Crippen LogP contribution in [0.3, 0.4) is 0 Å². The summed E-state index contributed by atoms with van der Waals surface area (Å²) in [6, 6.07) is 15.4. The lowest BCUT2D eigenvalue weighted by Gasteiger charge is -2.19. The van der Waals surface area contributed by atoms with E-state index in [1.165, 1.54) is 5.56 Å². The minimum Gasteiger partial charge on any atom is -0.486 e. The normalized spacial score (nSPS) is 12.3. The van der Waals surface area contributed by atoms with E-state index in [2.05, 4.69) is 46.8 Å². The molecule has 1 aliphatic rings.